The van der Waals surface area contributed by atoms with Gasteiger partial charge in [-0.25, -0.2) is 9.37 Å². The molecule has 0 spiro atoms. The van der Waals surface area contributed by atoms with Gasteiger partial charge in [-0.2, -0.15) is 0 Å². The van der Waals surface area contributed by atoms with Crippen molar-refractivity contribution >= 4 is 34.5 Å². The highest BCUT2D eigenvalue weighted by atomic mass is 35.5. The van der Waals surface area contributed by atoms with Crippen LogP contribution >= 0.6 is 22.9 Å². The summed E-state index contributed by atoms with van der Waals surface area (Å²) in [7, 11) is 0. The Morgan fingerprint density at radius 2 is 2.12 bits per heavy atom. The first-order valence-corrected chi connectivity index (χ1v) is 8.85. The number of carbonyl (C=O) groups is 1. The molecule has 7 heteroatoms. The van der Waals surface area contributed by atoms with Gasteiger partial charge in [0.05, 0.1) is 15.7 Å². The summed E-state index contributed by atoms with van der Waals surface area (Å²) in [5.74, 6) is -0.799. The molecule has 0 aliphatic heterocycles. The van der Waals surface area contributed by atoms with E-state index in [1.807, 2.05) is 18.2 Å². The minimum absolute atomic E-state index is 0.0325. The molecule has 0 bridgehead atoms. The van der Waals surface area contributed by atoms with Crippen LogP contribution in [0.25, 0.3) is 0 Å². The molecular formula is C18H15ClFN3OS. The Morgan fingerprint density at radius 3 is 2.84 bits per heavy atom. The second-order valence-corrected chi connectivity index (χ2v) is 6.92. The van der Waals surface area contributed by atoms with Crippen molar-refractivity contribution in [3.05, 3.63) is 74.7 Å². The SMILES string of the molecule is Cc1nc(CCc2ccccn2)sc1C(=O)Nc1ccc(F)c(Cl)c1. The second kappa shape index (κ2) is 7.72. The maximum atomic E-state index is 13.2. The molecule has 2 heterocycles. The number of nitrogens with one attached hydrogen (secondary N) is 1. The highest BCUT2D eigenvalue weighted by molar-refractivity contribution is 7.13. The smallest absolute Gasteiger partial charge is 0.267 e. The number of hydrogen-bond donors (Lipinski definition) is 1. The van der Waals surface area contributed by atoms with Crippen LogP contribution in [0, 0.1) is 12.7 Å². The molecule has 3 aromatic rings. The van der Waals surface area contributed by atoms with Gasteiger partial charge in [0, 0.05) is 24.0 Å². The molecule has 128 valence electrons. The van der Waals surface area contributed by atoms with E-state index in [-0.39, 0.29) is 10.9 Å². The number of rotatable bonds is 5. The highest BCUT2D eigenvalue weighted by Gasteiger charge is 2.16. The quantitative estimate of drug-likeness (QED) is 0.704. The van der Waals surface area contributed by atoms with Crippen molar-refractivity contribution in [2.75, 3.05) is 5.32 Å². The van der Waals surface area contributed by atoms with Crippen molar-refractivity contribution in [2.24, 2.45) is 0 Å². The first-order chi connectivity index (χ1) is 12.0. The van der Waals surface area contributed by atoms with Gasteiger partial charge in [-0.15, -0.1) is 11.3 Å². The lowest BCUT2D eigenvalue weighted by molar-refractivity contribution is 0.103. The van der Waals surface area contributed by atoms with Gasteiger partial charge >= 0.3 is 0 Å². The molecule has 4 nitrogen and oxygen atoms in total. The third kappa shape index (κ3) is 4.41. The number of thiazole rings is 1. The molecule has 3 rings (SSSR count). The topological polar surface area (TPSA) is 54.9 Å². The second-order valence-electron chi connectivity index (χ2n) is 5.43. The number of aryl methyl sites for hydroxylation is 3. The maximum Gasteiger partial charge on any atom is 0.267 e. The Bertz CT molecular complexity index is 899. The fourth-order valence-electron chi connectivity index (χ4n) is 2.31. The van der Waals surface area contributed by atoms with E-state index in [2.05, 4.69) is 15.3 Å². The van der Waals surface area contributed by atoms with E-state index in [1.54, 1.807) is 13.1 Å². The van der Waals surface area contributed by atoms with Crippen LogP contribution in [0.3, 0.4) is 0 Å². The summed E-state index contributed by atoms with van der Waals surface area (Å²) >= 11 is 7.09. The van der Waals surface area contributed by atoms with E-state index < -0.39 is 5.82 Å². The molecule has 0 atom stereocenters. The number of amides is 1. The third-order valence-electron chi connectivity index (χ3n) is 3.55. The van der Waals surface area contributed by atoms with Crippen molar-refractivity contribution in [1.29, 1.82) is 0 Å². The van der Waals surface area contributed by atoms with Gasteiger partial charge in [0.2, 0.25) is 0 Å². The molecule has 0 saturated carbocycles. The summed E-state index contributed by atoms with van der Waals surface area (Å²) < 4.78 is 13.2. The van der Waals surface area contributed by atoms with E-state index in [0.717, 1.165) is 23.5 Å². The van der Waals surface area contributed by atoms with Crippen LogP contribution in [0.2, 0.25) is 5.02 Å². The normalized spacial score (nSPS) is 10.7. The van der Waals surface area contributed by atoms with Crippen LogP contribution < -0.4 is 5.32 Å². The zero-order valence-electron chi connectivity index (χ0n) is 13.4. The number of nitrogens with zero attached hydrogens (tertiary/aromatic N) is 2. The van der Waals surface area contributed by atoms with Gasteiger partial charge < -0.3 is 5.32 Å². The molecule has 0 saturated heterocycles. The Kier molecular flexibility index (Phi) is 5.40. The van der Waals surface area contributed by atoms with Crippen molar-refractivity contribution in [2.45, 2.75) is 19.8 Å². The van der Waals surface area contributed by atoms with Gasteiger partial charge in [-0.05, 0) is 43.7 Å². The predicted octanol–water partition coefficient (Wildman–Crippen LogP) is 4.68. The van der Waals surface area contributed by atoms with E-state index in [1.165, 1.54) is 29.5 Å². The maximum absolute atomic E-state index is 13.2. The van der Waals surface area contributed by atoms with Gasteiger partial charge in [0.25, 0.3) is 5.91 Å². The third-order valence-corrected chi connectivity index (χ3v) is 5.05. The molecule has 0 aliphatic carbocycles. The number of pyridine rings is 1. The van der Waals surface area contributed by atoms with Crippen LogP contribution in [-0.4, -0.2) is 15.9 Å². The number of anilines is 1. The Hall–Kier alpha value is -2.31. The Morgan fingerprint density at radius 1 is 1.28 bits per heavy atom. The van der Waals surface area contributed by atoms with Crippen LogP contribution in [0.5, 0.6) is 0 Å². The van der Waals surface area contributed by atoms with Crippen molar-refractivity contribution < 1.29 is 9.18 Å². The molecule has 0 unspecified atom stereocenters. The zero-order valence-corrected chi connectivity index (χ0v) is 15.0. The largest absolute Gasteiger partial charge is 0.321 e. The summed E-state index contributed by atoms with van der Waals surface area (Å²) in [6, 6.07) is 9.86. The molecule has 1 N–H and O–H groups in total. The zero-order chi connectivity index (χ0) is 17.8. The van der Waals surface area contributed by atoms with Gasteiger partial charge in [-0.1, -0.05) is 17.7 Å². The van der Waals surface area contributed by atoms with E-state index in [9.17, 15) is 9.18 Å². The molecular weight excluding hydrogens is 361 g/mol. The summed E-state index contributed by atoms with van der Waals surface area (Å²) in [4.78, 5) is 21.7. The van der Waals surface area contributed by atoms with Crippen LogP contribution in [0.15, 0.2) is 42.6 Å². The van der Waals surface area contributed by atoms with Crippen molar-refractivity contribution in [3.8, 4) is 0 Å². The summed E-state index contributed by atoms with van der Waals surface area (Å²) in [5, 5.41) is 3.57. The van der Waals surface area contributed by atoms with Crippen molar-refractivity contribution in [1.82, 2.24) is 9.97 Å². The number of benzene rings is 1. The lowest BCUT2D eigenvalue weighted by atomic mass is 10.2. The number of aromatic nitrogens is 2. The molecule has 1 aromatic carbocycles. The van der Waals surface area contributed by atoms with E-state index in [4.69, 9.17) is 11.6 Å². The predicted molar refractivity (Wildman–Crippen MR) is 97.9 cm³/mol. The monoisotopic (exact) mass is 375 g/mol. The number of carbonyl (C=O) groups excluding carboxylic acids is 1. The molecule has 0 fully saturated rings. The van der Waals surface area contributed by atoms with Crippen LogP contribution in [0.4, 0.5) is 10.1 Å². The summed E-state index contributed by atoms with van der Waals surface area (Å²) in [6.07, 6.45) is 3.25. The first kappa shape index (κ1) is 17.5. The van der Waals surface area contributed by atoms with Gasteiger partial charge in [0.15, 0.2) is 0 Å². The average Bonchev–Trinajstić information content (AvgIpc) is 2.98. The van der Waals surface area contributed by atoms with E-state index >= 15 is 0 Å². The van der Waals surface area contributed by atoms with Gasteiger partial charge in [0.1, 0.15) is 10.7 Å². The molecule has 2 aromatic heterocycles. The Labute approximate surface area is 153 Å². The molecule has 1 amide bonds. The molecule has 0 aliphatic rings. The minimum atomic E-state index is -0.523. The number of halogens is 2. The first-order valence-electron chi connectivity index (χ1n) is 7.65. The minimum Gasteiger partial charge on any atom is -0.321 e. The summed E-state index contributed by atoms with van der Waals surface area (Å²) in [6.45, 7) is 1.80. The fraction of sp³-hybridized carbons (Fsp3) is 0.167. The standard InChI is InChI=1S/C18H15ClFN3OS/c1-11-17(18(24)23-13-5-7-15(20)14(19)10-13)25-16(22-11)8-6-12-4-2-3-9-21-12/h2-5,7,9-10H,6,8H2,1H3,(H,23,24). The lowest BCUT2D eigenvalue weighted by Gasteiger charge is -2.04. The van der Waals surface area contributed by atoms with Crippen molar-refractivity contribution in [3.63, 3.8) is 0 Å². The summed E-state index contributed by atoms with van der Waals surface area (Å²) in [5.41, 5.74) is 2.10. The molecule has 25 heavy (non-hydrogen) atoms. The lowest BCUT2D eigenvalue weighted by Crippen LogP contribution is -2.11. The van der Waals surface area contributed by atoms with Gasteiger partial charge in [-0.3, -0.25) is 9.78 Å². The Balaban J connectivity index is 1.68. The van der Waals surface area contributed by atoms with Crippen LogP contribution in [0.1, 0.15) is 26.1 Å². The van der Waals surface area contributed by atoms with Crippen LogP contribution in [-0.2, 0) is 12.8 Å². The molecule has 0 radical (unpaired) electrons. The van der Waals surface area contributed by atoms with E-state index in [0.29, 0.717) is 16.3 Å². The number of hydrogen-bond acceptors (Lipinski definition) is 4. The highest BCUT2D eigenvalue weighted by Crippen LogP contribution is 2.23. The average molecular weight is 376 g/mol. The fourth-order valence-corrected chi connectivity index (χ4v) is 3.45.